The predicted molar refractivity (Wildman–Crippen MR) is 75.1 cm³/mol. The van der Waals surface area contributed by atoms with Crippen LogP contribution in [-0.2, 0) is 9.53 Å². The minimum absolute atomic E-state index is 0.0776. The van der Waals surface area contributed by atoms with Crippen LogP contribution in [0, 0.1) is 0 Å². The smallest absolute Gasteiger partial charge is 0.304 e. The fourth-order valence-corrected chi connectivity index (χ4v) is 3.34. The molecule has 1 amide bonds. The Morgan fingerprint density at radius 2 is 2.37 bits per heavy atom. The van der Waals surface area contributed by atoms with E-state index in [0.29, 0.717) is 12.1 Å². The summed E-state index contributed by atoms with van der Waals surface area (Å²) < 4.78 is 5.11. The van der Waals surface area contributed by atoms with E-state index < -0.39 is 6.23 Å². The van der Waals surface area contributed by atoms with E-state index in [1.165, 1.54) is 6.92 Å². The maximum atomic E-state index is 12.4. The van der Waals surface area contributed by atoms with Crippen molar-refractivity contribution in [1.29, 1.82) is 0 Å². The van der Waals surface area contributed by atoms with Gasteiger partial charge in [0.05, 0.1) is 5.56 Å². The van der Waals surface area contributed by atoms with Crippen molar-refractivity contribution < 1.29 is 14.3 Å². The normalized spacial score (nSPS) is 19.8. The van der Waals surface area contributed by atoms with Crippen LogP contribution in [0.3, 0.4) is 0 Å². The van der Waals surface area contributed by atoms with Gasteiger partial charge in [-0.2, -0.15) is 0 Å². The van der Waals surface area contributed by atoms with Crippen LogP contribution in [0.5, 0.6) is 0 Å². The number of thiophene rings is 1. The zero-order valence-corrected chi connectivity index (χ0v) is 12.1. The summed E-state index contributed by atoms with van der Waals surface area (Å²) in [4.78, 5) is 27.1. The molecule has 1 aliphatic rings. The molecule has 0 saturated carbocycles. The number of rotatable bonds is 3. The van der Waals surface area contributed by atoms with Crippen LogP contribution in [0.2, 0.25) is 0 Å². The van der Waals surface area contributed by atoms with E-state index in [0.717, 1.165) is 9.75 Å². The first-order valence-corrected chi connectivity index (χ1v) is 7.00. The van der Waals surface area contributed by atoms with Crippen molar-refractivity contribution in [2.24, 2.45) is 0 Å². The van der Waals surface area contributed by atoms with E-state index in [1.54, 1.807) is 29.2 Å². The molecule has 4 nitrogen and oxygen atoms in total. The second-order valence-corrected chi connectivity index (χ2v) is 5.81. The van der Waals surface area contributed by atoms with Gasteiger partial charge in [-0.1, -0.05) is 19.6 Å². The van der Waals surface area contributed by atoms with E-state index in [9.17, 15) is 9.59 Å². The fourth-order valence-electron chi connectivity index (χ4n) is 2.29. The molecule has 1 aromatic heterocycles. The van der Waals surface area contributed by atoms with Gasteiger partial charge >= 0.3 is 5.97 Å². The summed E-state index contributed by atoms with van der Waals surface area (Å²) in [6.07, 6.45) is 1.22. The predicted octanol–water partition coefficient (Wildman–Crippen LogP) is 2.86. The Morgan fingerprint density at radius 3 is 2.95 bits per heavy atom. The van der Waals surface area contributed by atoms with Crippen molar-refractivity contribution in [3.05, 3.63) is 28.0 Å². The molecule has 5 heteroatoms. The Hall–Kier alpha value is -1.62. The minimum atomic E-state index is -0.535. The van der Waals surface area contributed by atoms with E-state index in [1.807, 2.05) is 6.07 Å². The maximum absolute atomic E-state index is 12.4. The number of hydrogen-bond acceptors (Lipinski definition) is 4. The van der Waals surface area contributed by atoms with Gasteiger partial charge in [0.15, 0.2) is 6.23 Å². The van der Waals surface area contributed by atoms with Gasteiger partial charge in [0.25, 0.3) is 5.91 Å². The largest absolute Gasteiger partial charge is 0.442 e. The molecule has 0 radical (unpaired) electrons. The molecule has 0 fully saturated rings. The van der Waals surface area contributed by atoms with Crippen LogP contribution in [0.25, 0.3) is 6.08 Å². The molecule has 1 aromatic rings. The molecule has 0 aromatic carbocycles. The van der Waals surface area contributed by atoms with Crippen molar-refractivity contribution in [1.82, 2.24) is 4.90 Å². The SMILES string of the molecule is C=Cc1cc2c(s1)C(C)CN(C(C)OC(C)=O)C2=O. The molecule has 0 saturated heterocycles. The minimum Gasteiger partial charge on any atom is -0.442 e. The molecule has 102 valence electrons. The van der Waals surface area contributed by atoms with Crippen LogP contribution < -0.4 is 0 Å². The first kappa shape index (κ1) is 13.8. The first-order valence-electron chi connectivity index (χ1n) is 6.18. The highest BCUT2D eigenvalue weighted by atomic mass is 32.1. The highest BCUT2D eigenvalue weighted by Gasteiger charge is 2.34. The fraction of sp³-hybridized carbons (Fsp3) is 0.429. The van der Waals surface area contributed by atoms with Crippen molar-refractivity contribution in [3.8, 4) is 0 Å². The first-order chi connectivity index (χ1) is 8.93. The highest BCUT2D eigenvalue weighted by Crippen LogP contribution is 2.36. The Morgan fingerprint density at radius 1 is 1.68 bits per heavy atom. The van der Waals surface area contributed by atoms with Gasteiger partial charge < -0.3 is 9.64 Å². The van der Waals surface area contributed by atoms with Crippen LogP contribution in [-0.4, -0.2) is 29.5 Å². The number of fused-ring (bicyclic) bond motifs is 1. The Bertz CT molecular complexity index is 535. The third kappa shape index (κ3) is 2.56. The van der Waals surface area contributed by atoms with E-state index in [4.69, 9.17) is 4.74 Å². The van der Waals surface area contributed by atoms with Crippen LogP contribution in [0.1, 0.15) is 46.8 Å². The van der Waals surface area contributed by atoms with E-state index in [-0.39, 0.29) is 17.8 Å². The zero-order valence-electron chi connectivity index (χ0n) is 11.3. The Balaban J connectivity index is 2.30. The van der Waals surface area contributed by atoms with Gasteiger partial charge in [0.1, 0.15) is 0 Å². The average Bonchev–Trinajstić information content (AvgIpc) is 2.77. The molecule has 2 rings (SSSR count). The number of carbonyl (C=O) groups excluding carboxylic acids is 2. The van der Waals surface area contributed by atoms with Gasteiger partial charge in [-0.15, -0.1) is 11.3 Å². The lowest BCUT2D eigenvalue weighted by Crippen LogP contribution is -2.45. The third-order valence-corrected chi connectivity index (χ3v) is 4.53. The lowest BCUT2D eigenvalue weighted by molar-refractivity contribution is -0.152. The van der Waals surface area contributed by atoms with Crippen molar-refractivity contribution >= 4 is 29.3 Å². The summed E-state index contributed by atoms with van der Waals surface area (Å²) in [5.74, 6) is -0.216. The lowest BCUT2D eigenvalue weighted by atomic mass is 9.99. The van der Waals surface area contributed by atoms with Gasteiger partial charge in [0.2, 0.25) is 0 Å². The van der Waals surface area contributed by atoms with Crippen molar-refractivity contribution in [2.45, 2.75) is 32.9 Å². The molecule has 19 heavy (non-hydrogen) atoms. The summed E-state index contributed by atoms with van der Waals surface area (Å²) in [7, 11) is 0. The van der Waals surface area contributed by atoms with Crippen LogP contribution in [0.15, 0.2) is 12.6 Å². The number of ether oxygens (including phenoxy) is 1. The van der Waals surface area contributed by atoms with Crippen LogP contribution >= 0.6 is 11.3 Å². The number of esters is 1. The standard InChI is InChI=1S/C14H17NO3S/c1-5-11-6-12-13(19-11)8(2)7-15(14(12)17)9(3)18-10(4)16/h5-6,8-9H,1,7H2,2-4H3. The monoisotopic (exact) mass is 279 g/mol. The number of hydrogen-bond donors (Lipinski definition) is 0. The topological polar surface area (TPSA) is 46.6 Å². The maximum Gasteiger partial charge on any atom is 0.304 e. The molecule has 2 heterocycles. The molecule has 0 bridgehead atoms. The second-order valence-electron chi connectivity index (χ2n) is 4.70. The zero-order chi connectivity index (χ0) is 14.2. The summed E-state index contributed by atoms with van der Waals surface area (Å²) in [5, 5.41) is 0. The summed E-state index contributed by atoms with van der Waals surface area (Å²) in [5.41, 5.74) is 0.706. The third-order valence-electron chi connectivity index (χ3n) is 3.17. The van der Waals surface area contributed by atoms with Crippen LogP contribution in [0.4, 0.5) is 0 Å². The Labute approximate surface area is 116 Å². The number of nitrogens with zero attached hydrogens (tertiary/aromatic N) is 1. The van der Waals surface area contributed by atoms with E-state index >= 15 is 0 Å². The molecular formula is C14H17NO3S. The number of amides is 1. The average molecular weight is 279 g/mol. The molecule has 2 atom stereocenters. The van der Waals surface area contributed by atoms with Gasteiger partial charge in [-0.05, 0) is 13.0 Å². The molecule has 0 N–H and O–H groups in total. The summed E-state index contributed by atoms with van der Waals surface area (Å²) in [6.45, 7) is 9.44. The lowest BCUT2D eigenvalue weighted by Gasteiger charge is -2.34. The molecule has 1 aliphatic heterocycles. The summed E-state index contributed by atoms with van der Waals surface area (Å²) in [6, 6.07) is 1.86. The van der Waals surface area contributed by atoms with Gasteiger partial charge in [0, 0.05) is 29.1 Å². The van der Waals surface area contributed by atoms with Crippen molar-refractivity contribution in [2.75, 3.05) is 6.54 Å². The Kier molecular flexibility index (Phi) is 3.75. The quantitative estimate of drug-likeness (QED) is 0.799. The molecule has 2 unspecified atom stereocenters. The summed E-state index contributed by atoms with van der Waals surface area (Å²) >= 11 is 1.60. The molecule has 0 spiro atoms. The highest BCUT2D eigenvalue weighted by molar-refractivity contribution is 7.13. The van der Waals surface area contributed by atoms with Gasteiger partial charge in [-0.25, -0.2) is 0 Å². The molecular weight excluding hydrogens is 262 g/mol. The number of carbonyl (C=O) groups is 2. The van der Waals surface area contributed by atoms with Crippen molar-refractivity contribution in [3.63, 3.8) is 0 Å². The van der Waals surface area contributed by atoms with Gasteiger partial charge in [-0.3, -0.25) is 9.59 Å². The van der Waals surface area contributed by atoms with E-state index in [2.05, 4.69) is 13.5 Å². The second kappa shape index (κ2) is 5.17. The molecule has 0 aliphatic carbocycles.